The monoisotopic (exact) mass is 356 g/mol. The van der Waals surface area contributed by atoms with Crippen LogP contribution in [0.5, 0.6) is 0 Å². The van der Waals surface area contributed by atoms with Crippen molar-refractivity contribution < 1.29 is 13.2 Å². The van der Waals surface area contributed by atoms with Gasteiger partial charge in [-0.2, -0.15) is 0 Å². The Morgan fingerprint density at radius 1 is 1.35 bits per heavy atom. The molecule has 0 radical (unpaired) electrons. The van der Waals surface area contributed by atoms with Gasteiger partial charge in [0.05, 0.1) is 23.6 Å². The molecule has 0 N–H and O–H groups in total. The maximum atomic E-state index is 12.6. The van der Waals surface area contributed by atoms with Crippen molar-refractivity contribution in [2.45, 2.75) is 37.5 Å². The molecule has 1 saturated carbocycles. The lowest BCUT2D eigenvalue weighted by molar-refractivity contribution is 0.0230. The average molecular weight is 357 g/mol. The predicted octanol–water partition coefficient (Wildman–Crippen LogP) is 1.87. The van der Waals surface area contributed by atoms with Crippen molar-refractivity contribution in [2.24, 2.45) is 11.8 Å². The van der Waals surface area contributed by atoms with Crippen molar-refractivity contribution in [3.8, 4) is 0 Å². The number of aromatic nitrogens is 1. The summed E-state index contributed by atoms with van der Waals surface area (Å²) in [5, 5.41) is 0. The molecule has 3 heterocycles. The third kappa shape index (κ3) is 2.86. The molecule has 1 spiro atoms. The number of thiazole rings is 1. The van der Waals surface area contributed by atoms with Crippen molar-refractivity contribution in [2.75, 3.05) is 32.1 Å². The van der Waals surface area contributed by atoms with Crippen LogP contribution in [0.1, 0.15) is 29.8 Å². The fourth-order valence-corrected chi connectivity index (χ4v) is 7.14. The quantitative estimate of drug-likeness (QED) is 0.779. The summed E-state index contributed by atoms with van der Waals surface area (Å²) in [5.41, 5.74) is 2.93. The maximum absolute atomic E-state index is 12.6. The van der Waals surface area contributed by atoms with Gasteiger partial charge < -0.3 is 4.74 Å². The van der Waals surface area contributed by atoms with Crippen LogP contribution in [0.3, 0.4) is 0 Å². The smallest absolute Gasteiger partial charge is 0.158 e. The van der Waals surface area contributed by atoms with E-state index in [1.54, 1.807) is 11.3 Å². The summed E-state index contributed by atoms with van der Waals surface area (Å²) >= 11 is 1.66. The Kier molecular flexibility index (Phi) is 4.03. The minimum Gasteiger partial charge on any atom is -0.381 e. The molecule has 1 unspecified atom stereocenters. The summed E-state index contributed by atoms with van der Waals surface area (Å²) in [6.45, 7) is 5.58. The first-order valence-electron chi connectivity index (χ1n) is 8.41. The molecule has 0 amide bonds. The molecular weight excluding hydrogens is 332 g/mol. The highest BCUT2D eigenvalue weighted by Crippen LogP contribution is 2.45. The van der Waals surface area contributed by atoms with Gasteiger partial charge in [0.15, 0.2) is 9.84 Å². The molecular formula is C16H24N2O3S2. The number of nitrogens with zero attached hydrogens (tertiary/aromatic N) is 2. The van der Waals surface area contributed by atoms with Crippen molar-refractivity contribution in [3.63, 3.8) is 0 Å². The van der Waals surface area contributed by atoms with E-state index < -0.39 is 14.6 Å². The Hall–Kier alpha value is -0.500. The van der Waals surface area contributed by atoms with Crippen LogP contribution >= 0.6 is 11.3 Å². The zero-order valence-electron chi connectivity index (χ0n) is 13.5. The summed E-state index contributed by atoms with van der Waals surface area (Å²) < 4.78 is 30.5. The molecule has 0 bridgehead atoms. The van der Waals surface area contributed by atoms with Crippen molar-refractivity contribution >= 4 is 21.2 Å². The Balaban J connectivity index is 1.39. The fraction of sp³-hybridized carbons (Fsp3) is 0.812. The molecule has 2 aliphatic heterocycles. The first-order chi connectivity index (χ1) is 11.0. The van der Waals surface area contributed by atoms with Crippen LogP contribution in [0.25, 0.3) is 0 Å². The summed E-state index contributed by atoms with van der Waals surface area (Å²) in [4.78, 5) is 7.77. The average Bonchev–Trinajstić information content (AvgIpc) is 3.14. The van der Waals surface area contributed by atoms with Crippen LogP contribution in [-0.4, -0.2) is 55.1 Å². The predicted molar refractivity (Wildman–Crippen MR) is 90.3 cm³/mol. The molecule has 3 aliphatic rings. The lowest BCUT2D eigenvalue weighted by Crippen LogP contribution is -2.67. The van der Waals surface area contributed by atoms with Gasteiger partial charge in [-0.3, -0.25) is 4.90 Å². The number of hydrogen-bond acceptors (Lipinski definition) is 6. The first kappa shape index (κ1) is 16.0. The normalized spacial score (nSPS) is 29.0. The lowest BCUT2D eigenvalue weighted by Gasteiger charge is -2.50. The summed E-state index contributed by atoms with van der Waals surface area (Å²) in [6, 6.07) is 0. The number of aryl methyl sites for hydroxylation is 1. The zero-order valence-corrected chi connectivity index (χ0v) is 15.2. The van der Waals surface area contributed by atoms with E-state index in [1.165, 1.54) is 17.7 Å². The van der Waals surface area contributed by atoms with Crippen LogP contribution < -0.4 is 0 Å². The second kappa shape index (κ2) is 5.79. The topological polar surface area (TPSA) is 59.5 Å². The van der Waals surface area contributed by atoms with Gasteiger partial charge >= 0.3 is 0 Å². The minimum atomic E-state index is -2.99. The number of ether oxygens (including phenoxy) is 1. The molecule has 1 aromatic rings. The minimum absolute atomic E-state index is 0.171. The van der Waals surface area contributed by atoms with Crippen molar-refractivity contribution in [1.29, 1.82) is 0 Å². The van der Waals surface area contributed by atoms with E-state index in [1.807, 2.05) is 12.4 Å². The van der Waals surface area contributed by atoms with E-state index in [-0.39, 0.29) is 5.92 Å². The molecule has 3 fully saturated rings. The highest BCUT2D eigenvalue weighted by atomic mass is 32.2. The molecule has 4 rings (SSSR count). The van der Waals surface area contributed by atoms with Gasteiger partial charge in [0, 0.05) is 37.0 Å². The Bertz CT molecular complexity index is 675. The second-order valence-corrected chi connectivity index (χ2v) is 10.7. The highest BCUT2D eigenvalue weighted by Gasteiger charge is 2.61. The lowest BCUT2D eigenvalue weighted by atomic mass is 9.83. The number of rotatable bonds is 6. The van der Waals surface area contributed by atoms with Gasteiger partial charge in [0.2, 0.25) is 0 Å². The molecule has 0 aromatic carbocycles. The van der Waals surface area contributed by atoms with E-state index in [4.69, 9.17) is 4.74 Å². The van der Waals surface area contributed by atoms with Gasteiger partial charge in [-0.1, -0.05) is 0 Å². The van der Waals surface area contributed by atoms with E-state index in [2.05, 4.69) is 9.88 Å². The highest BCUT2D eigenvalue weighted by molar-refractivity contribution is 7.93. The van der Waals surface area contributed by atoms with Crippen LogP contribution in [0.15, 0.2) is 5.51 Å². The molecule has 2 saturated heterocycles. The van der Waals surface area contributed by atoms with Crippen LogP contribution in [-0.2, 0) is 21.1 Å². The molecule has 5 nitrogen and oxygen atoms in total. The SMILES string of the molecule is Cc1ncsc1CN1CC2(C1)C(COCC1CC1)CCS2(=O)=O. The van der Waals surface area contributed by atoms with Gasteiger partial charge in [-0.15, -0.1) is 11.3 Å². The first-order valence-corrected chi connectivity index (χ1v) is 10.9. The maximum Gasteiger partial charge on any atom is 0.158 e. The van der Waals surface area contributed by atoms with E-state index >= 15 is 0 Å². The molecule has 1 aromatic heterocycles. The second-order valence-electron chi connectivity index (χ2n) is 7.36. The summed E-state index contributed by atoms with van der Waals surface area (Å²) in [7, 11) is -2.99. The van der Waals surface area contributed by atoms with Gasteiger partial charge in [0.25, 0.3) is 0 Å². The number of sulfone groups is 1. The standard InChI is InChI=1S/C16H24N2O3S2/c1-12-15(22-11-17-12)6-18-9-16(10-18)14(4-5-23(16,19)20)8-21-7-13-2-3-13/h11,13-14H,2-10H2,1H3. The third-order valence-electron chi connectivity index (χ3n) is 5.66. The fourth-order valence-electron chi connectivity index (χ4n) is 3.87. The van der Waals surface area contributed by atoms with Crippen LogP contribution in [0.4, 0.5) is 0 Å². The zero-order chi connectivity index (χ0) is 16.1. The van der Waals surface area contributed by atoms with E-state index in [0.29, 0.717) is 25.4 Å². The van der Waals surface area contributed by atoms with Gasteiger partial charge in [-0.05, 0) is 32.1 Å². The van der Waals surface area contributed by atoms with Crippen molar-refractivity contribution in [3.05, 3.63) is 16.1 Å². The summed E-state index contributed by atoms with van der Waals surface area (Å²) in [6.07, 6.45) is 3.31. The Morgan fingerprint density at radius 2 is 2.13 bits per heavy atom. The van der Waals surface area contributed by atoms with Crippen LogP contribution in [0, 0.1) is 18.8 Å². The third-order valence-corrected chi connectivity index (χ3v) is 9.19. The van der Waals surface area contributed by atoms with E-state index in [9.17, 15) is 8.42 Å². The van der Waals surface area contributed by atoms with Crippen molar-refractivity contribution in [1.82, 2.24) is 9.88 Å². The largest absolute Gasteiger partial charge is 0.381 e. The van der Waals surface area contributed by atoms with Crippen LogP contribution in [0.2, 0.25) is 0 Å². The number of likely N-dealkylation sites (tertiary alicyclic amines) is 1. The molecule has 128 valence electrons. The molecule has 1 aliphatic carbocycles. The Morgan fingerprint density at radius 3 is 2.78 bits per heavy atom. The van der Waals surface area contributed by atoms with Gasteiger partial charge in [-0.25, -0.2) is 13.4 Å². The van der Waals surface area contributed by atoms with E-state index in [0.717, 1.165) is 31.2 Å². The molecule has 1 atom stereocenters. The Labute approximate surface area is 142 Å². The van der Waals surface area contributed by atoms with Gasteiger partial charge in [0.1, 0.15) is 4.75 Å². The molecule has 23 heavy (non-hydrogen) atoms. The number of hydrogen-bond donors (Lipinski definition) is 0. The summed E-state index contributed by atoms with van der Waals surface area (Å²) in [5.74, 6) is 1.24. The molecule has 7 heteroatoms.